The number of amides is 2. The average molecular weight is 414 g/mol. The molecule has 0 spiro atoms. The molecule has 6 nitrogen and oxygen atoms in total. The summed E-state index contributed by atoms with van der Waals surface area (Å²) in [5.41, 5.74) is 3.16. The maximum Gasteiger partial charge on any atom is 0.262 e. The lowest BCUT2D eigenvalue weighted by molar-refractivity contribution is -0.118. The monoisotopic (exact) mass is 413 g/mol. The highest BCUT2D eigenvalue weighted by Crippen LogP contribution is 2.32. The number of fused-ring (bicyclic) bond motifs is 2. The predicted molar refractivity (Wildman–Crippen MR) is 104 cm³/mol. The molecule has 0 unspecified atom stereocenters. The van der Waals surface area contributed by atoms with Gasteiger partial charge in [-0.25, -0.2) is 0 Å². The number of nitrogens with zero attached hydrogens (tertiary/aromatic N) is 1. The van der Waals surface area contributed by atoms with Crippen LogP contribution in [0.25, 0.3) is 10.9 Å². The van der Waals surface area contributed by atoms with Crippen molar-refractivity contribution >= 4 is 50.0 Å². The highest BCUT2D eigenvalue weighted by molar-refractivity contribution is 9.10. The van der Waals surface area contributed by atoms with Crippen LogP contribution in [-0.2, 0) is 16.1 Å². The minimum Gasteiger partial charge on any atom is -0.482 e. The van der Waals surface area contributed by atoms with Gasteiger partial charge in [0.05, 0.1) is 5.69 Å². The summed E-state index contributed by atoms with van der Waals surface area (Å²) in [5.74, 6) is 0.239. The van der Waals surface area contributed by atoms with Gasteiger partial charge >= 0.3 is 0 Å². The third-order valence-corrected chi connectivity index (χ3v) is 5.35. The van der Waals surface area contributed by atoms with Gasteiger partial charge in [-0.05, 0) is 47.1 Å². The molecule has 7 heteroatoms. The van der Waals surface area contributed by atoms with E-state index in [1.807, 2.05) is 35.8 Å². The van der Waals surface area contributed by atoms with Crippen molar-refractivity contribution in [1.29, 1.82) is 0 Å². The van der Waals surface area contributed by atoms with E-state index in [0.717, 1.165) is 21.1 Å². The Morgan fingerprint density at radius 3 is 2.96 bits per heavy atom. The van der Waals surface area contributed by atoms with Crippen molar-refractivity contribution in [3.05, 3.63) is 52.6 Å². The van der Waals surface area contributed by atoms with E-state index >= 15 is 0 Å². The summed E-state index contributed by atoms with van der Waals surface area (Å²) in [6.07, 6.45) is 0. The summed E-state index contributed by atoms with van der Waals surface area (Å²) in [5, 5.41) is 6.68. The number of anilines is 2. The van der Waals surface area contributed by atoms with Crippen LogP contribution in [0.15, 0.2) is 46.9 Å². The van der Waals surface area contributed by atoms with Crippen molar-refractivity contribution in [2.75, 3.05) is 17.2 Å². The van der Waals surface area contributed by atoms with Gasteiger partial charge in [0.15, 0.2) is 6.61 Å². The van der Waals surface area contributed by atoms with Gasteiger partial charge < -0.3 is 19.9 Å². The third-order valence-electron chi connectivity index (χ3n) is 4.35. The molecule has 0 fully saturated rings. The van der Waals surface area contributed by atoms with E-state index in [4.69, 9.17) is 4.74 Å². The van der Waals surface area contributed by atoms with Gasteiger partial charge in [0.1, 0.15) is 12.3 Å². The van der Waals surface area contributed by atoms with Gasteiger partial charge in [0, 0.05) is 26.8 Å². The fourth-order valence-electron chi connectivity index (χ4n) is 3.10. The van der Waals surface area contributed by atoms with Crippen LogP contribution in [0.2, 0.25) is 0 Å². The fourth-order valence-corrected chi connectivity index (χ4v) is 3.65. The summed E-state index contributed by atoms with van der Waals surface area (Å²) < 4.78 is 8.29. The van der Waals surface area contributed by atoms with Gasteiger partial charge in [0.25, 0.3) is 5.91 Å². The van der Waals surface area contributed by atoms with Crippen molar-refractivity contribution in [3.8, 4) is 5.75 Å². The maximum atomic E-state index is 12.6. The molecule has 0 saturated carbocycles. The van der Waals surface area contributed by atoms with Crippen molar-refractivity contribution in [2.24, 2.45) is 0 Å². The van der Waals surface area contributed by atoms with Crippen LogP contribution in [-0.4, -0.2) is 23.0 Å². The standard InChI is InChI=1S/C19H16BrN3O3/c1-11-19(20)13-4-2-3-5-15(13)23(11)9-17(24)21-12-6-7-16-14(8-12)22-18(25)10-26-16/h2-8H,9-10H2,1H3,(H,21,24)(H,22,25). The van der Waals surface area contributed by atoms with Crippen LogP contribution < -0.4 is 15.4 Å². The molecule has 2 amide bonds. The summed E-state index contributed by atoms with van der Waals surface area (Å²) in [6.45, 7) is 2.18. The molecule has 1 aliphatic rings. The number of halogens is 1. The first-order valence-electron chi connectivity index (χ1n) is 8.13. The molecule has 1 aromatic heterocycles. The van der Waals surface area contributed by atoms with Crippen molar-refractivity contribution in [2.45, 2.75) is 13.5 Å². The molecule has 0 radical (unpaired) electrons. The normalized spacial score (nSPS) is 13.1. The number of hydrogen-bond acceptors (Lipinski definition) is 3. The number of ether oxygens (including phenoxy) is 1. The van der Waals surface area contributed by atoms with Crippen LogP contribution in [0.4, 0.5) is 11.4 Å². The number of benzene rings is 2. The molecule has 3 aromatic rings. The molecule has 2 aromatic carbocycles. The first kappa shape index (κ1) is 16.7. The van der Waals surface area contributed by atoms with Crippen molar-refractivity contribution in [1.82, 2.24) is 4.57 Å². The van der Waals surface area contributed by atoms with Crippen LogP contribution >= 0.6 is 15.9 Å². The van der Waals surface area contributed by atoms with Gasteiger partial charge in [-0.3, -0.25) is 9.59 Å². The number of carbonyl (C=O) groups excluding carboxylic acids is 2. The van der Waals surface area contributed by atoms with E-state index < -0.39 is 0 Å². The Hall–Kier alpha value is -2.80. The average Bonchev–Trinajstić information content (AvgIpc) is 2.87. The Labute approximate surface area is 158 Å². The quantitative estimate of drug-likeness (QED) is 0.687. The Kier molecular flexibility index (Phi) is 4.16. The van der Waals surface area contributed by atoms with E-state index in [1.165, 1.54) is 0 Å². The lowest BCUT2D eigenvalue weighted by Crippen LogP contribution is -2.25. The lowest BCUT2D eigenvalue weighted by Gasteiger charge is -2.18. The number of carbonyl (C=O) groups is 2. The molecule has 132 valence electrons. The number of nitrogens with one attached hydrogen (secondary N) is 2. The molecular weight excluding hydrogens is 398 g/mol. The third kappa shape index (κ3) is 2.94. The largest absolute Gasteiger partial charge is 0.482 e. The maximum absolute atomic E-state index is 12.6. The molecule has 4 rings (SSSR count). The van der Waals surface area contributed by atoms with Crippen LogP contribution in [0.3, 0.4) is 0 Å². The van der Waals surface area contributed by atoms with E-state index in [0.29, 0.717) is 17.1 Å². The molecule has 0 aliphatic carbocycles. The summed E-state index contributed by atoms with van der Waals surface area (Å²) in [6, 6.07) is 13.1. The number of para-hydroxylation sites is 1. The second-order valence-corrected chi connectivity index (χ2v) is 6.89. The first-order chi connectivity index (χ1) is 12.5. The molecule has 2 N–H and O–H groups in total. The van der Waals surface area contributed by atoms with Crippen molar-refractivity contribution < 1.29 is 14.3 Å². The molecular formula is C19H16BrN3O3. The zero-order chi connectivity index (χ0) is 18.3. The highest BCUT2D eigenvalue weighted by Gasteiger charge is 2.17. The van der Waals surface area contributed by atoms with Gasteiger partial charge in [-0.1, -0.05) is 18.2 Å². The second-order valence-electron chi connectivity index (χ2n) is 6.10. The Morgan fingerprint density at radius 2 is 2.12 bits per heavy atom. The number of hydrogen-bond donors (Lipinski definition) is 2. The summed E-state index contributed by atoms with van der Waals surface area (Å²) in [4.78, 5) is 24.0. The molecule has 26 heavy (non-hydrogen) atoms. The molecule has 0 bridgehead atoms. The SMILES string of the molecule is Cc1c(Br)c2ccccc2n1CC(=O)Nc1ccc2c(c1)NC(=O)CO2. The highest BCUT2D eigenvalue weighted by atomic mass is 79.9. The van der Waals surface area contributed by atoms with Gasteiger partial charge in [-0.15, -0.1) is 0 Å². The summed E-state index contributed by atoms with van der Waals surface area (Å²) in [7, 11) is 0. The minimum absolute atomic E-state index is 0.00750. The second kappa shape index (κ2) is 6.49. The predicted octanol–water partition coefficient (Wildman–Crippen LogP) is 3.68. The molecule has 0 saturated heterocycles. The number of aromatic nitrogens is 1. The Bertz CT molecular complexity index is 1040. The van der Waals surface area contributed by atoms with Gasteiger partial charge in [-0.2, -0.15) is 0 Å². The Balaban J connectivity index is 1.56. The first-order valence-corrected chi connectivity index (χ1v) is 8.92. The zero-order valence-electron chi connectivity index (χ0n) is 14.0. The minimum atomic E-state index is -0.208. The summed E-state index contributed by atoms with van der Waals surface area (Å²) >= 11 is 3.60. The molecule has 0 atom stereocenters. The van der Waals surface area contributed by atoms with E-state index in [2.05, 4.69) is 26.6 Å². The van der Waals surface area contributed by atoms with E-state index in [1.54, 1.807) is 18.2 Å². The van der Waals surface area contributed by atoms with E-state index in [9.17, 15) is 9.59 Å². The van der Waals surface area contributed by atoms with Crippen LogP contribution in [0.1, 0.15) is 5.69 Å². The lowest BCUT2D eigenvalue weighted by atomic mass is 10.2. The van der Waals surface area contributed by atoms with Crippen LogP contribution in [0.5, 0.6) is 5.75 Å². The van der Waals surface area contributed by atoms with Crippen LogP contribution in [0, 0.1) is 6.92 Å². The zero-order valence-corrected chi connectivity index (χ0v) is 15.6. The van der Waals surface area contributed by atoms with Gasteiger partial charge in [0.2, 0.25) is 5.91 Å². The molecule has 1 aliphatic heterocycles. The molecule has 2 heterocycles. The number of rotatable bonds is 3. The smallest absolute Gasteiger partial charge is 0.262 e. The van der Waals surface area contributed by atoms with E-state index in [-0.39, 0.29) is 25.0 Å². The van der Waals surface area contributed by atoms with Crippen molar-refractivity contribution in [3.63, 3.8) is 0 Å². The fraction of sp³-hybridized carbons (Fsp3) is 0.158. The Morgan fingerprint density at radius 1 is 1.31 bits per heavy atom. The topological polar surface area (TPSA) is 72.4 Å².